The van der Waals surface area contributed by atoms with Gasteiger partial charge in [-0.05, 0) is 55.7 Å². The fraction of sp³-hybridized carbons (Fsp3) is 0.478. The molecule has 5 heteroatoms. The molecule has 0 aromatic heterocycles. The minimum absolute atomic E-state index is 0.160. The fourth-order valence-corrected chi connectivity index (χ4v) is 4.92. The molecule has 1 nitrogen and oxygen atoms in total. The Morgan fingerprint density at radius 3 is 2.11 bits per heavy atom. The highest BCUT2D eigenvalue weighted by Crippen LogP contribution is 2.64. The molecule has 0 radical (unpaired) electrons. The van der Waals surface area contributed by atoms with Gasteiger partial charge in [0.15, 0.2) is 11.6 Å². The number of halogens is 4. The second-order valence-electron chi connectivity index (χ2n) is 8.28. The third-order valence-corrected chi connectivity index (χ3v) is 6.68. The smallest absolute Gasteiger partial charge is 0.309 e. The van der Waals surface area contributed by atoms with Crippen molar-refractivity contribution in [3.05, 3.63) is 59.2 Å². The molecule has 0 atom stereocenters. The van der Waals surface area contributed by atoms with Crippen molar-refractivity contribution in [1.29, 1.82) is 0 Å². The van der Waals surface area contributed by atoms with E-state index < -0.39 is 28.8 Å². The number of fused-ring (bicyclic) bond motifs is 3. The van der Waals surface area contributed by atoms with Crippen molar-refractivity contribution in [2.75, 3.05) is 0 Å². The topological polar surface area (TPSA) is 9.23 Å². The summed E-state index contributed by atoms with van der Waals surface area (Å²) in [4.78, 5) is 0. The van der Waals surface area contributed by atoms with Crippen molar-refractivity contribution >= 4 is 0 Å². The van der Waals surface area contributed by atoms with Gasteiger partial charge in [0.1, 0.15) is 0 Å². The van der Waals surface area contributed by atoms with Gasteiger partial charge in [0.2, 0.25) is 0 Å². The van der Waals surface area contributed by atoms with E-state index in [1.807, 2.05) is 6.92 Å². The summed E-state index contributed by atoms with van der Waals surface area (Å²) in [6, 6.07) is 9.79. The van der Waals surface area contributed by atoms with Crippen molar-refractivity contribution < 1.29 is 22.3 Å². The Bertz CT molecular complexity index is 880. The summed E-state index contributed by atoms with van der Waals surface area (Å²) in [5.41, 5.74) is -0.468. The average Bonchev–Trinajstić information content (AvgIpc) is 2.67. The van der Waals surface area contributed by atoms with Gasteiger partial charge < -0.3 is 4.74 Å². The van der Waals surface area contributed by atoms with Gasteiger partial charge in [0.25, 0.3) is 0 Å². The van der Waals surface area contributed by atoms with Gasteiger partial charge in [-0.25, -0.2) is 8.78 Å². The number of hydrogen-bond donors (Lipinski definition) is 0. The molecule has 28 heavy (non-hydrogen) atoms. The quantitative estimate of drug-likeness (QED) is 0.503. The maximum atomic E-state index is 14.8. The van der Waals surface area contributed by atoms with Crippen LogP contribution in [0.1, 0.15) is 56.6 Å². The number of alkyl halides is 2. The first-order valence-electron chi connectivity index (χ1n) is 9.87. The molecule has 1 aliphatic carbocycles. The lowest BCUT2D eigenvalue weighted by Crippen LogP contribution is -2.59. The van der Waals surface area contributed by atoms with Crippen molar-refractivity contribution in [2.45, 2.75) is 64.1 Å². The standard InChI is InChI=1S/C23H24F4O/c1-3-10-21-11-13-22(14-12-21,28-23(21,26)27)17-7-5-16(6-8-17)18-9-4-15(2)19(24)20(18)25/h4-9H,3,10-14H2,1-2H3. The average molecular weight is 392 g/mol. The second-order valence-corrected chi connectivity index (χ2v) is 8.28. The number of hydrogen-bond acceptors (Lipinski definition) is 1. The zero-order chi connectivity index (χ0) is 20.2. The molecule has 2 bridgehead atoms. The molecular weight excluding hydrogens is 368 g/mol. The van der Waals surface area contributed by atoms with E-state index in [2.05, 4.69) is 0 Å². The predicted octanol–water partition coefficient (Wildman–Crippen LogP) is 7.12. The highest BCUT2D eigenvalue weighted by molar-refractivity contribution is 5.65. The van der Waals surface area contributed by atoms with Gasteiger partial charge in [-0.3, -0.25) is 0 Å². The fourth-order valence-electron chi connectivity index (χ4n) is 4.92. The van der Waals surface area contributed by atoms with Crippen molar-refractivity contribution in [2.24, 2.45) is 5.41 Å². The minimum atomic E-state index is -3.15. The Balaban J connectivity index is 1.65. The first-order valence-corrected chi connectivity index (χ1v) is 9.87. The Morgan fingerprint density at radius 2 is 1.54 bits per heavy atom. The van der Waals surface area contributed by atoms with Crippen LogP contribution >= 0.6 is 0 Å². The number of ether oxygens (including phenoxy) is 1. The molecule has 0 spiro atoms. The van der Waals surface area contributed by atoms with E-state index in [9.17, 15) is 17.6 Å². The molecule has 2 heterocycles. The summed E-state index contributed by atoms with van der Waals surface area (Å²) in [5.74, 6) is -1.76. The summed E-state index contributed by atoms with van der Waals surface area (Å²) < 4.78 is 63.3. The van der Waals surface area contributed by atoms with E-state index in [1.165, 1.54) is 19.1 Å². The Labute approximate surface area is 162 Å². The third-order valence-electron chi connectivity index (χ3n) is 6.68. The lowest BCUT2D eigenvalue weighted by Gasteiger charge is -2.57. The molecule has 2 aromatic rings. The van der Waals surface area contributed by atoms with Crippen LogP contribution in [0.25, 0.3) is 11.1 Å². The predicted molar refractivity (Wildman–Crippen MR) is 100 cm³/mol. The van der Waals surface area contributed by atoms with E-state index in [0.29, 0.717) is 49.7 Å². The maximum Gasteiger partial charge on any atom is 0.362 e. The van der Waals surface area contributed by atoms with E-state index in [4.69, 9.17) is 4.74 Å². The molecule has 5 rings (SSSR count). The first kappa shape index (κ1) is 19.4. The molecule has 1 saturated carbocycles. The summed E-state index contributed by atoms with van der Waals surface area (Å²) >= 11 is 0. The minimum Gasteiger partial charge on any atom is -0.309 e. The Morgan fingerprint density at radius 1 is 0.893 bits per heavy atom. The van der Waals surface area contributed by atoms with E-state index in [0.717, 1.165) is 0 Å². The number of aryl methyl sites for hydroxylation is 1. The number of benzene rings is 2. The van der Waals surface area contributed by atoms with Crippen LogP contribution < -0.4 is 0 Å². The van der Waals surface area contributed by atoms with Crippen LogP contribution in [0.5, 0.6) is 0 Å². The third kappa shape index (κ3) is 2.78. The maximum absolute atomic E-state index is 14.8. The van der Waals surface area contributed by atoms with Crippen LogP contribution in [-0.4, -0.2) is 6.11 Å². The van der Waals surface area contributed by atoms with Crippen molar-refractivity contribution in [3.8, 4) is 11.1 Å². The zero-order valence-corrected chi connectivity index (χ0v) is 16.1. The summed E-state index contributed by atoms with van der Waals surface area (Å²) in [6.07, 6.45) is 0.00266. The normalized spacial score (nSPS) is 28.5. The van der Waals surface area contributed by atoms with Gasteiger partial charge in [-0.2, -0.15) is 8.78 Å². The SMILES string of the molecule is CCCC12CCC(c3ccc(-c4ccc(C)c(F)c4F)cc3)(CC1)OC2(F)F. The molecule has 0 unspecified atom stereocenters. The molecule has 2 aromatic carbocycles. The van der Waals surface area contributed by atoms with Crippen LogP contribution in [0.15, 0.2) is 36.4 Å². The van der Waals surface area contributed by atoms with E-state index in [1.54, 1.807) is 24.3 Å². The molecule has 2 saturated heterocycles. The van der Waals surface area contributed by atoms with Gasteiger partial charge in [-0.15, -0.1) is 0 Å². The lowest BCUT2D eigenvalue weighted by atomic mass is 9.61. The molecule has 150 valence electrons. The van der Waals surface area contributed by atoms with Gasteiger partial charge >= 0.3 is 6.11 Å². The number of rotatable bonds is 4. The van der Waals surface area contributed by atoms with Gasteiger partial charge in [-0.1, -0.05) is 49.7 Å². The highest BCUT2D eigenvalue weighted by Gasteiger charge is 2.66. The van der Waals surface area contributed by atoms with Crippen LogP contribution in [0.2, 0.25) is 0 Å². The van der Waals surface area contributed by atoms with Crippen LogP contribution in [0, 0.1) is 24.0 Å². The lowest BCUT2D eigenvalue weighted by molar-refractivity contribution is -0.411. The first-order chi connectivity index (χ1) is 13.2. The molecule has 0 N–H and O–H groups in total. The molecule has 3 fully saturated rings. The summed E-state index contributed by atoms with van der Waals surface area (Å²) in [6.45, 7) is 3.43. The summed E-state index contributed by atoms with van der Waals surface area (Å²) in [5, 5.41) is 0. The highest BCUT2D eigenvalue weighted by atomic mass is 19.3. The van der Waals surface area contributed by atoms with Gasteiger partial charge in [0.05, 0.1) is 11.0 Å². The Hall–Kier alpha value is -1.88. The van der Waals surface area contributed by atoms with Gasteiger partial charge in [0, 0.05) is 5.56 Å². The monoisotopic (exact) mass is 392 g/mol. The summed E-state index contributed by atoms with van der Waals surface area (Å²) in [7, 11) is 0. The van der Waals surface area contributed by atoms with Crippen LogP contribution in [0.3, 0.4) is 0 Å². The molecule has 2 aliphatic heterocycles. The zero-order valence-electron chi connectivity index (χ0n) is 16.1. The second kappa shape index (κ2) is 6.58. The van der Waals surface area contributed by atoms with Crippen LogP contribution in [-0.2, 0) is 10.3 Å². The van der Waals surface area contributed by atoms with E-state index in [-0.39, 0.29) is 11.1 Å². The molecular formula is C23H24F4O. The molecule has 0 amide bonds. The largest absolute Gasteiger partial charge is 0.362 e. The van der Waals surface area contributed by atoms with E-state index >= 15 is 0 Å². The van der Waals surface area contributed by atoms with Crippen molar-refractivity contribution in [3.63, 3.8) is 0 Å². The van der Waals surface area contributed by atoms with Crippen LogP contribution in [0.4, 0.5) is 17.6 Å². The Kier molecular flexibility index (Phi) is 4.57. The van der Waals surface area contributed by atoms with Crippen molar-refractivity contribution in [1.82, 2.24) is 0 Å². The molecule has 3 aliphatic rings.